The normalized spacial score (nSPS) is 12.4. The molecule has 0 amide bonds. The fourth-order valence-corrected chi connectivity index (χ4v) is 1.88. The fourth-order valence-electron chi connectivity index (χ4n) is 1.66. The standard InChI is InChI=1S/C12H21ClN4O/c1-4-5-17-12(18)11(13)10(8-16-17)15-7-9(2)6-14-3/h8-9,14-15H,4-7H2,1-3H3. The molecule has 1 rings (SSSR count). The highest BCUT2D eigenvalue weighted by Gasteiger charge is 2.09. The number of hydrogen-bond acceptors (Lipinski definition) is 4. The molecule has 1 unspecified atom stereocenters. The zero-order valence-electron chi connectivity index (χ0n) is 11.2. The molecule has 18 heavy (non-hydrogen) atoms. The van der Waals surface area contributed by atoms with E-state index < -0.39 is 0 Å². The molecule has 0 radical (unpaired) electrons. The van der Waals surface area contributed by atoms with Crippen molar-refractivity contribution in [2.45, 2.75) is 26.8 Å². The first-order valence-electron chi connectivity index (χ1n) is 6.24. The van der Waals surface area contributed by atoms with Crippen molar-refractivity contribution in [1.82, 2.24) is 15.1 Å². The highest BCUT2D eigenvalue weighted by atomic mass is 35.5. The van der Waals surface area contributed by atoms with Crippen molar-refractivity contribution in [1.29, 1.82) is 0 Å². The second kappa shape index (κ2) is 7.38. The molecule has 0 aliphatic rings. The van der Waals surface area contributed by atoms with Crippen molar-refractivity contribution in [3.63, 3.8) is 0 Å². The topological polar surface area (TPSA) is 59.0 Å². The number of nitrogens with one attached hydrogen (secondary N) is 2. The first-order chi connectivity index (χ1) is 8.60. The van der Waals surface area contributed by atoms with E-state index in [0.717, 1.165) is 19.5 Å². The molecule has 0 saturated heterocycles. The summed E-state index contributed by atoms with van der Waals surface area (Å²) in [6, 6.07) is 0. The Morgan fingerprint density at radius 1 is 1.50 bits per heavy atom. The van der Waals surface area contributed by atoms with Gasteiger partial charge in [0.05, 0.1) is 11.9 Å². The zero-order chi connectivity index (χ0) is 13.5. The van der Waals surface area contributed by atoms with Gasteiger partial charge >= 0.3 is 0 Å². The quantitative estimate of drug-likeness (QED) is 0.791. The summed E-state index contributed by atoms with van der Waals surface area (Å²) in [6.45, 7) is 6.36. The number of hydrogen-bond donors (Lipinski definition) is 2. The van der Waals surface area contributed by atoms with E-state index in [9.17, 15) is 4.79 Å². The molecule has 1 heterocycles. The summed E-state index contributed by atoms with van der Waals surface area (Å²) in [4.78, 5) is 11.9. The molecule has 102 valence electrons. The molecule has 0 aliphatic carbocycles. The Morgan fingerprint density at radius 2 is 2.22 bits per heavy atom. The minimum atomic E-state index is -0.232. The third-order valence-electron chi connectivity index (χ3n) is 2.61. The van der Waals surface area contributed by atoms with Crippen LogP contribution < -0.4 is 16.2 Å². The second-order valence-electron chi connectivity index (χ2n) is 4.44. The van der Waals surface area contributed by atoms with Crippen molar-refractivity contribution in [2.75, 3.05) is 25.5 Å². The highest BCUT2D eigenvalue weighted by molar-refractivity contribution is 6.32. The monoisotopic (exact) mass is 272 g/mol. The molecule has 0 saturated carbocycles. The molecule has 0 aromatic carbocycles. The molecular weight excluding hydrogens is 252 g/mol. The van der Waals surface area contributed by atoms with Crippen LogP contribution in [0.5, 0.6) is 0 Å². The Bertz CT molecular complexity index is 433. The number of aryl methyl sites for hydroxylation is 1. The maximum absolute atomic E-state index is 11.9. The predicted molar refractivity (Wildman–Crippen MR) is 75.4 cm³/mol. The van der Waals surface area contributed by atoms with Crippen LogP contribution in [0.3, 0.4) is 0 Å². The smallest absolute Gasteiger partial charge is 0.287 e. The van der Waals surface area contributed by atoms with Crippen molar-refractivity contribution in [3.05, 3.63) is 21.6 Å². The van der Waals surface area contributed by atoms with Crippen LogP contribution in [0, 0.1) is 5.92 Å². The summed E-state index contributed by atoms with van der Waals surface area (Å²) in [5.74, 6) is 0.448. The molecule has 1 atom stereocenters. The predicted octanol–water partition coefficient (Wildman–Crippen LogP) is 1.57. The molecule has 0 aliphatic heterocycles. The highest BCUT2D eigenvalue weighted by Crippen LogP contribution is 2.15. The lowest BCUT2D eigenvalue weighted by Gasteiger charge is -2.14. The third kappa shape index (κ3) is 3.99. The van der Waals surface area contributed by atoms with Gasteiger partial charge in [-0.1, -0.05) is 25.4 Å². The molecule has 1 aromatic rings. The molecular formula is C12H21ClN4O. The largest absolute Gasteiger partial charge is 0.382 e. The van der Waals surface area contributed by atoms with Crippen LogP contribution >= 0.6 is 11.6 Å². The maximum atomic E-state index is 11.9. The SMILES string of the molecule is CCCn1ncc(NCC(C)CNC)c(Cl)c1=O. The Balaban J connectivity index is 2.73. The van der Waals surface area contributed by atoms with E-state index in [-0.39, 0.29) is 10.6 Å². The average Bonchev–Trinajstić information content (AvgIpc) is 2.35. The Labute approximate surface area is 113 Å². The Hall–Kier alpha value is -1.07. The summed E-state index contributed by atoms with van der Waals surface area (Å²) in [5.41, 5.74) is 0.377. The van der Waals surface area contributed by atoms with Crippen LogP contribution in [-0.4, -0.2) is 29.9 Å². The van der Waals surface area contributed by atoms with Gasteiger partial charge in [-0.15, -0.1) is 0 Å². The summed E-state index contributed by atoms with van der Waals surface area (Å²) in [5, 5.41) is 10.6. The number of nitrogens with zero attached hydrogens (tertiary/aromatic N) is 2. The first-order valence-corrected chi connectivity index (χ1v) is 6.62. The van der Waals surface area contributed by atoms with E-state index >= 15 is 0 Å². The molecule has 1 aromatic heterocycles. The fraction of sp³-hybridized carbons (Fsp3) is 0.667. The number of anilines is 1. The van der Waals surface area contributed by atoms with Gasteiger partial charge in [-0.05, 0) is 25.9 Å². The van der Waals surface area contributed by atoms with E-state index in [4.69, 9.17) is 11.6 Å². The molecule has 5 nitrogen and oxygen atoms in total. The van der Waals surface area contributed by atoms with Gasteiger partial charge in [-0.25, -0.2) is 4.68 Å². The van der Waals surface area contributed by atoms with Gasteiger partial charge in [0, 0.05) is 13.1 Å². The van der Waals surface area contributed by atoms with Crippen LogP contribution in [0.15, 0.2) is 11.0 Å². The zero-order valence-corrected chi connectivity index (χ0v) is 11.9. The van der Waals surface area contributed by atoms with Crippen molar-refractivity contribution in [2.24, 2.45) is 5.92 Å². The molecule has 2 N–H and O–H groups in total. The van der Waals surface area contributed by atoms with Crippen molar-refractivity contribution < 1.29 is 0 Å². The van der Waals surface area contributed by atoms with E-state index in [1.165, 1.54) is 4.68 Å². The van der Waals surface area contributed by atoms with Crippen LogP contribution in [0.2, 0.25) is 5.02 Å². The van der Waals surface area contributed by atoms with Gasteiger partial charge < -0.3 is 10.6 Å². The van der Waals surface area contributed by atoms with Crippen molar-refractivity contribution >= 4 is 17.3 Å². The third-order valence-corrected chi connectivity index (χ3v) is 2.98. The molecule has 6 heteroatoms. The van der Waals surface area contributed by atoms with Gasteiger partial charge in [0.1, 0.15) is 5.02 Å². The van der Waals surface area contributed by atoms with Gasteiger partial charge in [0.15, 0.2) is 0 Å². The second-order valence-corrected chi connectivity index (χ2v) is 4.82. The lowest BCUT2D eigenvalue weighted by Crippen LogP contribution is -2.26. The maximum Gasteiger partial charge on any atom is 0.287 e. The lowest BCUT2D eigenvalue weighted by molar-refractivity contribution is 0.561. The summed E-state index contributed by atoms with van der Waals surface area (Å²) < 4.78 is 1.39. The van der Waals surface area contributed by atoms with E-state index in [1.54, 1.807) is 6.20 Å². The summed E-state index contributed by atoms with van der Waals surface area (Å²) in [6.07, 6.45) is 2.47. The minimum absolute atomic E-state index is 0.218. The average molecular weight is 273 g/mol. The van der Waals surface area contributed by atoms with Gasteiger partial charge in [0.25, 0.3) is 5.56 Å². The first kappa shape index (κ1) is 15.0. The van der Waals surface area contributed by atoms with E-state index in [1.807, 2.05) is 14.0 Å². The van der Waals surface area contributed by atoms with Crippen LogP contribution in [-0.2, 0) is 6.54 Å². The van der Waals surface area contributed by atoms with E-state index in [2.05, 4.69) is 22.7 Å². The van der Waals surface area contributed by atoms with Crippen molar-refractivity contribution in [3.8, 4) is 0 Å². The van der Waals surface area contributed by atoms with Crippen LogP contribution in [0.1, 0.15) is 20.3 Å². The van der Waals surface area contributed by atoms with Crippen LogP contribution in [0.25, 0.3) is 0 Å². The molecule has 0 fully saturated rings. The summed E-state index contributed by atoms with van der Waals surface area (Å²) >= 11 is 6.04. The number of halogens is 1. The number of rotatable bonds is 7. The number of aromatic nitrogens is 2. The Morgan fingerprint density at radius 3 is 2.83 bits per heavy atom. The van der Waals surface area contributed by atoms with E-state index in [0.29, 0.717) is 18.2 Å². The molecule has 0 bridgehead atoms. The van der Waals surface area contributed by atoms with Gasteiger partial charge in [-0.3, -0.25) is 4.79 Å². The Kier molecular flexibility index (Phi) is 6.15. The van der Waals surface area contributed by atoms with Gasteiger partial charge in [-0.2, -0.15) is 5.10 Å². The van der Waals surface area contributed by atoms with Crippen LogP contribution in [0.4, 0.5) is 5.69 Å². The lowest BCUT2D eigenvalue weighted by atomic mass is 10.2. The summed E-state index contributed by atoms with van der Waals surface area (Å²) in [7, 11) is 1.91. The van der Waals surface area contributed by atoms with Gasteiger partial charge in [0.2, 0.25) is 0 Å². The molecule has 0 spiro atoms. The minimum Gasteiger partial charge on any atom is -0.382 e.